The summed E-state index contributed by atoms with van der Waals surface area (Å²) in [6.45, 7) is 18.6. The van der Waals surface area contributed by atoms with Gasteiger partial charge < -0.3 is 13.8 Å². The van der Waals surface area contributed by atoms with Gasteiger partial charge in [0.25, 0.3) is 0 Å². The zero-order valence-electron chi connectivity index (χ0n) is 37.6. The van der Waals surface area contributed by atoms with Crippen molar-refractivity contribution >= 4 is 104 Å². The van der Waals surface area contributed by atoms with Crippen molar-refractivity contribution in [3.8, 4) is 27.9 Å². The summed E-state index contributed by atoms with van der Waals surface area (Å²) in [5, 5.41) is 7.54. The lowest BCUT2D eigenvalue weighted by molar-refractivity contribution is 0.590. The fourth-order valence-electron chi connectivity index (χ4n) is 12.0. The molecule has 0 atom stereocenters. The number of thiophene rings is 1. The van der Waals surface area contributed by atoms with E-state index in [1.165, 1.54) is 120 Å². The lowest BCUT2D eigenvalue weighted by atomic mass is 9.43. The molecule has 0 N–H and O–H groups in total. The first-order valence-corrected chi connectivity index (χ1v) is 23.7. The first-order chi connectivity index (χ1) is 30.8. The number of fused-ring (bicyclic) bond motifs is 18. The van der Waals surface area contributed by atoms with Gasteiger partial charge in [0.1, 0.15) is 11.2 Å². The summed E-state index contributed by atoms with van der Waals surface area (Å²) in [7, 11) is 0. The quantitative estimate of drug-likeness (QED) is 0.154. The first-order valence-electron chi connectivity index (χ1n) is 22.9. The van der Waals surface area contributed by atoms with Gasteiger partial charge in [0.05, 0.1) is 11.0 Å². The van der Waals surface area contributed by atoms with Crippen LogP contribution in [-0.2, 0) is 16.2 Å². The number of anilines is 2. The molecule has 0 spiro atoms. The van der Waals surface area contributed by atoms with Gasteiger partial charge in [-0.1, -0.05) is 140 Å². The Kier molecular flexibility index (Phi) is 6.89. The molecule has 11 aromatic rings. The van der Waals surface area contributed by atoms with Crippen molar-refractivity contribution in [1.29, 1.82) is 0 Å². The van der Waals surface area contributed by atoms with Crippen molar-refractivity contribution in [2.45, 2.75) is 71.6 Å². The summed E-state index contributed by atoms with van der Waals surface area (Å²) < 4.78 is 11.9. The maximum Gasteiger partial charge on any atom is 0.333 e. The molecule has 308 valence electrons. The highest BCUT2D eigenvalue weighted by Gasteiger charge is 2.46. The predicted octanol–water partition coefficient (Wildman–Crippen LogP) is 15.2. The normalized spacial score (nSPS) is 14.9. The third-order valence-electron chi connectivity index (χ3n) is 15.3. The third-order valence-corrected chi connectivity index (χ3v) is 16.4. The average molecular weight is 843 g/mol. The van der Waals surface area contributed by atoms with E-state index in [0.717, 1.165) is 16.6 Å². The van der Waals surface area contributed by atoms with E-state index in [4.69, 9.17) is 4.42 Å². The fourth-order valence-corrected chi connectivity index (χ4v) is 13.2. The molecule has 0 unspecified atom stereocenters. The van der Waals surface area contributed by atoms with Gasteiger partial charge in [-0.25, -0.2) is 0 Å². The standard InChI is InChI=1S/C59H47BN2OS/c1-57(2,3)32-17-20-34(21-18-32)62-47-31-52-42(36-22-19-33(58(4,5)6)27-51(36)64-52)28-41(47)37-23-24-39-53-46(25-26-50-54(53)38-14-10-12-16-49(38)63-50)61-48-29-40-35-13-9-11-15-43(35)59(7,8)44(40)30-45(48)60(62)55(37)56(39)61/h9-31H,1-8H3. The van der Waals surface area contributed by atoms with E-state index in [1.54, 1.807) is 0 Å². The number of hydrogen-bond acceptors (Lipinski definition) is 3. The van der Waals surface area contributed by atoms with Gasteiger partial charge in [0.15, 0.2) is 0 Å². The second-order valence-electron chi connectivity index (χ2n) is 21.3. The number of rotatable bonds is 1. The molecule has 0 bridgehead atoms. The van der Waals surface area contributed by atoms with Gasteiger partial charge in [0, 0.05) is 69.8 Å². The van der Waals surface area contributed by atoms with Gasteiger partial charge >= 0.3 is 6.85 Å². The van der Waals surface area contributed by atoms with Gasteiger partial charge in [-0.2, -0.15) is 0 Å². The molecule has 0 saturated carbocycles. The van der Waals surface area contributed by atoms with E-state index >= 15 is 0 Å². The molecule has 0 saturated heterocycles. The van der Waals surface area contributed by atoms with Crippen LogP contribution in [-0.4, -0.2) is 11.4 Å². The maximum atomic E-state index is 6.60. The van der Waals surface area contributed by atoms with E-state index in [0.29, 0.717) is 0 Å². The molecule has 0 amide bonds. The topological polar surface area (TPSA) is 21.3 Å². The first kappa shape index (κ1) is 36.9. The minimum Gasteiger partial charge on any atom is -0.456 e. The average Bonchev–Trinajstić information content (AvgIpc) is 4.00. The van der Waals surface area contributed by atoms with Crippen LogP contribution in [0.4, 0.5) is 11.4 Å². The summed E-state index contributed by atoms with van der Waals surface area (Å²) in [6.07, 6.45) is 0. The van der Waals surface area contributed by atoms with Crippen molar-refractivity contribution < 1.29 is 4.42 Å². The molecule has 5 heterocycles. The highest BCUT2D eigenvalue weighted by atomic mass is 32.1. The zero-order chi connectivity index (χ0) is 43.3. The second kappa shape index (κ2) is 12.0. The monoisotopic (exact) mass is 842 g/mol. The zero-order valence-corrected chi connectivity index (χ0v) is 38.4. The fraction of sp³-hybridized carbons (Fsp3) is 0.186. The highest BCUT2D eigenvalue weighted by Crippen LogP contribution is 2.53. The molecule has 1 aliphatic carbocycles. The van der Waals surface area contributed by atoms with Crippen molar-refractivity contribution in [2.75, 3.05) is 4.81 Å². The summed E-state index contributed by atoms with van der Waals surface area (Å²) in [6, 6.07) is 53.9. The molecule has 5 heteroatoms. The molecule has 3 nitrogen and oxygen atoms in total. The van der Waals surface area contributed by atoms with Crippen LogP contribution >= 0.6 is 11.3 Å². The summed E-state index contributed by atoms with van der Waals surface area (Å²) in [5.74, 6) is 0. The van der Waals surface area contributed by atoms with Gasteiger partial charge in [-0.15, -0.1) is 11.3 Å². The van der Waals surface area contributed by atoms with E-state index < -0.39 is 0 Å². The number of aromatic nitrogens is 1. The minimum atomic E-state index is -0.155. The van der Waals surface area contributed by atoms with E-state index in [1.807, 2.05) is 11.3 Å². The minimum absolute atomic E-state index is 0.0361. The smallest absolute Gasteiger partial charge is 0.333 e. The summed E-state index contributed by atoms with van der Waals surface area (Å²) in [4.78, 5) is 2.71. The number of nitrogens with zero attached hydrogens (tertiary/aromatic N) is 2. The predicted molar refractivity (Wildman–Crippen MR) is 275 cm³/mol. The SMILES string of the molecule is CC(C)(C)c1ccc(N2B3c4cc5c(cc4-n4c6ccc7oc8ccccc8c7c6c6ccc(c3c64)-c3cc4c(cc32)sc2cc(C(C)(C)C)ccc24)-c2ccccc2C5(C)C)cc1. The van der Waals surface area contributed by atoms with Crippen LogP contribution in [0.15, 0.2) is 144 Å². The Morgan fingerprint density at radius 1 is 0.531 bits per heavy atom. The molecular weight excluding hydrogens is 796 g/mol. The van der Waals surface area contributed by atoms with Crippen LogP contribution in [0.25, 0.3) is 91.9 Å². The van der Waals surface area contributed by atoms with Crippen molar-refractivity contribution in [1.82, 2.24) is 4.57 Å². The Bertz CT molecular complexity index is 3900. The molecule has 3 aliphatic rings. The number of para-hydroxylation sites is 1. The summed E-state index contributed by atoms with van der Waals surface area (Å²) >= 11 is 1.93. The van der Waals surface area contributed by atoms with Gasteiger partial charge in [0.2, 0.25) is 0 Å². The molecule has 0 fully saturated rings. The van der Waals surface area contributed by atoms with Crippen molar-refractivity contribution in [2.24, 2.45) is 0 Å². The molecule has 8 aromatic carbocycles. The maximum absolute atomic E-state index is 6.60. The molecule has 2 aliphatic heterocycles. The van der Waals surface area contributed by atoms with Crippen LogP contribution in [0, 0.1) is 0 Å². The van der Waals surface area contributed by atoms with E-state index in [9.17, 15) is 0 Å². The molecule has 3 aromatic heterocycles. The van der Waals surface area contributed by atoms with Crippen LogP contribution in [0.2, 0.25) is 0 Å². The number of hydrogen-bond donors (Lipinski definition) is 0. The van der Waals surface area contributed by atoms with Crippen molar-refractivity contribution in [3.63, 3.8) is 0 Å². The van der Waals surface area contributed by atoms with E-state index in [2.05, 4.69) is 204 Å². The Morgan fingerprint density at radius 2 is 1.27 bits per heavy atom. The van der Waals surface area contributed by atoms with Gasteiger partial charge in [-0.3, -0.25) is 0 Å². The Labute approximate surface area is 377 Å². The van der Waals surface area contributed by atoms with Gasteiger partial charge in [-0.05, 0) is 115 Å². The van der Waals surface area contributed by atoms with Crippen molar-refractivity contribution in [3.05, 3.63) is 162 Å². The lowest BCUT2D eigenvalue weighted by Gasteiger charge is -2.42. The lowest BCUT2D eigenvalue weighted by Crippen LogP contribution is -2.60. The van der Waals surface area contributed by atoms with E-state index in [-0.39, 0.29) is 23.1 Å². The third kappa shape index (κ3) is 4.63. The largest absolute Gasteiger partial charge is 0.456 e. The number of benzene rings is 8. The van der Waals surface area contributed by atoms with Crippen LogP contribution in [0.3, 0.4) is 0 Å². The van der Waals surface area contributed by atoms with Crippen LogP contribution in [0.1, 0.15) is 77.6 Å². The Morgan fingerprint density at radius 3 is 2.08 bits per heavy atom. The highest BCUT2D eigenvalue weighted by molar-refractivity contribution is 7.25. The number of furan rings is 1. The molecule has 64 heavy (non-hydrogen) atoms. The Balaban J connectivity index is 1.16. The molecule has 14 rings (SSSR count). The molecular formula is C59H47BN2OS. The van der Waals surface area contributed by atoms with Crippen LogP contribution in [0.5, 0.6) is 0 Å². The second-order valence-corrected chi connectivity index (χ2v) is 22.4. The Hall–Kier alpha value is -6.56. The van der Waals surface area contributed by atoms with Crippen LogP contribution < -0.4 is 15.7 Å². The summed E-state index contributed by atoms with van der Waals surface area (Å²) in [5.41, 5.74) is 21.5. The molecule has 0 radical (unpaired) electrons.